The van der Waals surface area contributed by atoms with E-state index in [0.717, 1.165) is 43.1 Å². The van der Waals surface area contributed by atoms with E-state index < -0.39 is 0 Å². The summed E-state index contributed by atoms with van der Waals surface area (Å²) in [6.07, 6.45) is 8.34. The number of nitrogens with one attached hydrogen (secondary N) is 2. The van der Waals surface area contributed by atoms with Gasteiger partial charge in [0, 0.05) is 0 Å². The van der Waals surface area contributed by atoms with Crippen LogP contribution in [0.1, 0.15) is 44.1 Å². The minimum atomic E-state index is -0.378. The van der Waals surface area contributed by atoms with Gasteiger partial charge in [-0.1, -0.05) is 12.1 Å². The van der Waals surface area contributed by atoms with Gasteiger partial charge in [-0.2, -0.15) is 0 Å². The first-order valence-corrected chi connectivity index (χ1v) is 11.6. The predicted molar refractivity (Wildman–Crippen MR) is 110 cm³/mol. The molecule has 4 nitrogen and oxygen atoms in total. The highest BCUT2D eigenvalue weighted by molar-refractivity contribution is 5.34. The number of ether oxygens (including phenoxy) is 1. The van der Waals surface area contributed by atoms with Crippen LogP contribution in [0, 0.1) is 17.8 Å². The lowest BCUT2D eigenvalue weighted by atomic mass is 9.48. The Balaban J connectivity index is 1.15. The van der Waals surface area contributed by atoms with Gasteiger partial charge in [-0.3, -0.25) is 0 Å². The molecule has 0 radical (unpaired) electrons. The zero-order chi connectivity index (χ0) is 19.1. The van der Waals surface area contributed by atoms with Crippen LogP contribution in [-0.2, 0) is 5.41 Å². The summed E-state index contributed by atoms with van der Waals surface area (Å²) >= 11 is 0. The number of hydrogen-bond donors (Lipinski definition) is 3. The number of aliphatic hydroxyl groups excluding tert-OH is 1. The highest BCUT2D eigenvalue weighted by Gasteiger charge is 2.51. The van der Waals surface area contributed by atoms with Crippen molar-refractivity contribution < 1.29 is 19.6 Å². The fourth-order valence-electron chi connectivity index (χ4n) is 7.19. The molecule has 1 aliphatic heterocycles. The van der Waals surface area contributed by atoms with Gasteiger partial charge in [0.15, 0.2) is 0 Å². The largest absolute Gasteiger partial charge is 0.491 e. The van der Waals surface area contributed by atoms with Crippen molar-refractivity contribution in [1.82, 2.24) is 0 Å². The van der Waals surface area contributed by atoms with Crippen molar-refractivity contribution >= 4 is 0 Å². The van der Waals surface area contributed by atoms with E-state index in [1.807, 2.05) is 0 Å². The molecule has 3 N–H and O–H groups in total. The van der Waals surface area contributed by atoms with Crippen molar-refractivity contribution in [2.75, 3.05) is 46.4 Å². The van der Waals surface area contributed by atoms with Crippen LogP contribution in [0.4, 0.5) is 0 Å². The quantitative estimate of drug-likeness (QED) is 0.658. The van der Waals surface area contributed by atoms with Crippen LogP contribution in [0.2, 0.25) is 0 Å². The smallest absolute Gasteiger partial charge is 0.137 e. The van der Waals surface area contributed by atoms with Gasteiger partial charge in [-0.15, -0.1) is 0 Å². The second kappa shape index (κ2) is 7.62. The van der Waals surface area contributed by atoms with E-state index in [1.165, 1.54) is 56.5 Å². The summed E-state index contributed by atoms with van der Waals surface area (Å²) < 4.78 is 5.94. The van der Waals surface area contributed by atoms with Gasteiger partial charge < -0.3 is 19.6 Å². The molecule has 154 valence electrons. The van der Waals surface area contributed by atoms with E-state index >= 15 is 0 Å². The molecule has 1 aromatic rings. The molecule has 1 aromatic carbocycles. The Morgan fingerprint density at radius 3 is 2.11 bits per heavy atom. The number of piperazine rings is 1. The van der Waals surface area contributed by atoms with Crippen molar-refractivity contribution in [2.24, 2.45) is 17.8 Å². The van der Waals surface area contributed by atoms with E-state index in [4.69, 9.17) is 4.74 Å². The standard InChI is InChI=1S/C24H36N2O2/c1-25-6-8-26(9-7-25)16-22(27)17-28-23-4-2-21(3-5-23)24-13-18-10-19(14-24)12-20(11-18)15-24/h2-5,18-20,22,27H,6-17H2,1H3/p+2/t18?,19?,20?,22-,24?/m1/s1. The maximum Gasteiger partial charge on any atom is 0.137 e. The third-order valence-corrected chi connectivity index (χ3v) is 8.28. The first-order valence-electron chi connectivity index (χ1n) is 11.6. The zero-order valence-corrected chi connectivity index (χ0v) is 17.5. The van der Waals surface area contributed by atoms with Gasteiger partial charge in [-0.25, -0.2) is 0 Å². The second-order valence-electron chi connectivity index (χ2n) is 10.6. The summed E-state index contributed by atoms with van der Waals surface area (Å²) in [5, 5.41) is 10.4. The molecule has 0 amide bonds. The van der Waals surface area contributed by atoms with E-state index in [-0.39, 0.29) is 6.10 Å². The Labute approximate surface area is 169 Å². The van der Waals surface area contributed by atoms with Crippen LogP contribution in [-0.4, -0.2) is 57.6 Å². The normalized spacial score (nSPS) is 40.4. The molecule has 0 aromatic heterocycles. The van der Waals surface area contributed by atoms with Gasteiger partial charge >= 0.3 is 0 Å². The molecule has 1 heterocycles. The van der Waals surface area contributed by atoms with Crippen LogP contribution in [0.3, 0.4) is 0 Å². The Morgan fingerprint density at radius 2 is 1.54 bits per heavy atom. The van der Waals surface area contributed by atoms with E-state index in [0.29, 0.717) is 12.0 Å². The van der Waals surface area contributed by atoms with Crippen molar-refractivity contribution in [3.05, 3.63) is 29.8 Å². The van der Waals surface area contributed by atoms with E-state index in [9.17, 15) is 5.11 Å². The minimum absolute atomic E-state index is 0.378. The third kappa shape index (κ3) is 3.83. The maximum atomic E-state index is 10.4. The Morgan fingerprint density at radius 1 is 0.964 bits per heavy atom. The van der Waals surface area contributed by atoms with Crippen LogP contribution in [0.5, 0.6) is 5.75 Å². The molecule has 6 rings (SSSR count). The fourth-order valence-corrected chi connectivity index (χ4v) is 7.19. The molecular weight excluding hydrogens is 348 g/mol. The van der Waals surface area contributed by atoms with Crippen molar-refractivity contribution in [3.8, 4) is 5.75 Å². The number of hydrogen-bond acceptors (Lipinski definition) is 2. The summed E-state index contributed by atoms with van der Waals surface area (Å²) in [7, 11) is 2.25. The number of likely N-dealkylation sites (N-methyl/N-ethyl adjacent to an activating group) is 1. The van der Waals surface area contributed by atoms with Crippen LogP contribution < -0.4 is 14.5 Å². The topological polar surface area (TPSA) is 38.3 Å². The van der Waals surface area contributed by atoms with Crippen LogP contribution in [0.25, 0.3) is 0 Å². The Hall–Kier alpha value is -1.10. The van der Waals surface area contributed by atoms with Crippen molar-refractivity contribution in [3.63, 3.8) is 0 Å². The minimum Gasteiger partial charge on any atom is -0.491 e. The Kier molecular flexibility index (Phi) is 5.14. The number of benzene rings is 1. The van der Waals surface area contributed by atoms with E-state index in [2.05, 4.69) is 31.3 Å². The van der Waals surface area contributed by atoms with Gasteiger partial charge in [0.1, 0.15) is 51.2 Å². The highest BCUT2D eigenvalue weighted by atomic mass is 16.5. The lowest BCUT2D eigenvalue weighted by Crippen LogP contribution is -3.27. The third-order valence-electron chi connectivity index (χ3n) is 8.28. The second-order valence-corrected chi connectivity index (χ2v) is 10.6. The molecule has 4 heteroatoms. The maximum absolute atomic E-state index is 10.4. The molecule has 28 heavy (non-hydrogen) atoms. The van der Waals surface area contributed by atoms with E-state index in [1.54, 1.807) is 10.5 Å². The van der Waals surface area contributed by atoms with Crippen molar-refractivity contribution in [2.45, 2.75) is 50.0 Å². The Bertz CT molecular complexity index is 630. The SMILES string of the molecule is C[NH+]1CC[NH+](C[C@@H](O)COc2ccc(C34CC5CC(CC(C5)C3)C4)cc2)CC1. The first-order chi connectivity index (χ1) is 13.6. The summed E-state index contributed by atoms with van der Waals surface area (Å²) in [4.78, 5) is 3.12. The molecule has 5 fully saturated rings. The van der Waals surface area contributed by atoms with Gasteiger partial charge in [-0.05, 0) is 79.4 Å². The molecule has 0 unspecified atom stereocenters. The number of aliphatic hydroxyl groups is 1. The monoisotopic (exact) mass is 386 g/mol. The predicted octanol–water partition coefficient (Wildman–Crippen LogP) is 0.307. The van der Waals surface area contributed by atoms with Crippen LogP contribution in [0.15, 0.2) is 24.3 Å². The molecule has 4 aliphatic carbocycles. The molecular formula is C24H38N2O2+2. The number of rotatable bonds is 6. The average Bonchev–Trinajstić information content (AvgIpc) is 2.68. The van der Waals surface area contributed by atoms with Crippen molar-refractivity contribution in [1.29, 1.82) is 0 Å². The highest BCUT2D eigenvalue weighted by Crippen LogP contribution is 2.60. The van der Waals surface area contributed by atoms with Crippen LogP contribution >= 0.6 is 0 Å². The first kappa shape index (κ1) is 18.9. The molecule has 0 spiro atoms. The van der Waals surface area contributed by atoms with Gasteiger partial charge in [0.25, 0.3) is 0 Å². The lowest BCUT2D eigenvalue weighted by Gasteiger charge is -2.57. The zero-order valence-electron chi connectivity index (χ0n) is 17.5. The molecule has 4 saturated carbocycles. The fraction of sp³-hybridized carbons (Fsp3) is 0.750. The summed E-state index contributed by atoms with van der Waals surface area (Å²) in [5.41, 5.74) is 2.00. The lowest BCUT2D eigenvalue weighted by molar-refractivity contribution is -1.00. The summed E-state index contributed by atoms with van der Waals surface area (Å²) in [6.45, 7) is 5.93. The molecule has 5 aliphatic rings. The molecule has 4 bridgehead atoms. The van der Waals surface area contributed by atoms with Gasteiger partial charge in [0.2, 0.25) is 0 Å². The molecule has 1 saturated heterocycles. The van der Waals surface area contributed by atoms with Gasteiger partial charge in [0.05, 0.1) is 7.05 Å². The molecule has 1 atom stereocenters. The summed E-state index contributed by atoms with van der Waals surface area (Å²) in [5.74, 6) is 3.85. The number of quaternary nitrogens is 2. The summed E-state index contributed by atoms with van der Waals surface area (Å²) in [6, 6.07) is 8.94. The average molecular weight is 387 g/mol.